The second kappa shape index (κ2) is 7.49. The van der Waals surface area contributed by atoms with Gasteiger partial charge in [-0.25, -0.2) is 0 Å². The van der Waals surface area contributed by atoms with E-state index in [4.69, 9.17) is 0 Å². The van der Waals surface area contributed by atoms with Crippen LogP contribution < -0.4 is 0 Å². The molecule has 0 aliphatic carbocycles. The highest BCUT2D eigenvalue weighted by molar-refractivity contribution is 5.86. The second-order valence-corrected chi connectivity index (χ2v) is 4.89. The van der Waals surface area contributed by atoms with E-state index < -0.39 is 0 Å². The minimum atomic E-state index is 0.0660. The van der Waals surface area contributed by atoms with Gasteiger partial charge in [-0.1, -0.05) is 34.3 Å². The van der Waals surface area contributed by atoms with Crippen LogP contribution in [0, 0.1) is 11.8 Å². The molecule has 0 fully saturated rings. The topological polar surface area (TPSA) is 20.3 Å². The molecular formula is C13H25NO. The average molecular weight is 211 g/mol. The molecule has 1 amide bonds. The summed E-state index contributed by atoms with van der Waals surface area (Å²) in [6, 6.07) is 0. The van der Waals surface area contributed by atoms with E-state index in [1.807, 2.05) is 4.90 Å². The van der Waals surface area contributed by atoms with Crippen LogP contribution in [0.15, 0.2) is 12.7 Å². The summed E-state index contributed by atoms with van der Waals surface area (Å²) in [6.45, 7) is 14.0. The lowest BCUT2D eigenvalue weighted by Gasteiger charge is -2.23. The number of carbonyl (C=O) groups is 1. The van der Waals surface area contributed by atoms with Crippen LogP contribution in [-0.2, 0) is 4.79 Å². The van der Waals surface area contributed by atoms with Crippen molar-refractivity contribution < 1.29 is 4.79 Å². The van der Waals surface area contributed by atoms with Gasteiger partial charge in [0.2, 0.25) is 5.91 Å². The fourth-order valence-electron chi connectivity index (χ4n) is 1.29. The van der Waals surface area contributed by atoms with Gasteiger partial charge in [0.05, 0.1) is 0 Å². The van der Waals surface area contributed by atoms with Crippen LogP contribution in [0.1, 0.15) is 40.5 Å². The summed E-state index contributed by atoms with van der Waals surface area (Å²) in [5.41, 5.74) is 0. The lowest BCUT2D eigenvalue weighted by Crippen LogP contribution is -2.32. The Morgan fingerprint density at radius 3 is 1.80 bits per heavy atom. The molecule has 2 heteroatoms. The molecule has 0 rings (SSSR count). The lowest BCUT2D eigenvalue weighted by molar-refractivity contribution is -0.126. The molecule has 0 saturated heterocycles. The Morgan fingerprint density at radius 2 is 1.53 bits per heavy atom. The Morgan fingerprint density at radius 1 is 1.13 bits per heavy atom. The van der Waals surface area contributed by atoms with E-state index in [0.717, 1.165) is 25.9 Å². The monoisotopic (exact) mass is 211 g/mol. The van der Waals surface area contributed by atoms with Gasteiger partial charge in [-0.05, 0) is 30.8 Å². The van der Waals surface area contributed by atoms with Gasteiger partial charge < -0.3 is 4.90 Å². The van der Waals surface area contributed by atoms with Crippen LogP contribution in [0.5, 0.6) is 0 Å². The largest absolute Gasteiger partial charge is 0.339 e. The number of carbonyl (C=O) groups excluding carboxylic acids is 1. The predicted molar refractivity (Wildman–Crippen MR) is 65.7 cm³/mol. The molecule has 0 atom stereocenters. The molecule has 0 saturated carbocycles. The van der Waals surface area contributed by atoms with Crippen molar-refractivity contribution in [3.05, 3.63) is 12.7 Å². The van der Waals surface area contributed by atoms with Crippen molar-refractivity contribution in [3.8, 4) is 0 Å². The normalized spacial score (nSPS) is 10.8. The van der Waals surface area contributed by atoms with Crippen LogP contribution in [0.25, 0.3) is 0 Å². The number of hydrogen-bond donors (Lipinski definition) is 0. The van der Waals surface area contributed by atoms with E-state index in [2.05, 4.69) is 34.3 Å². The van der Waals surface area contributed by atoms with Gasteiger partial charge in [0.1, 0.15) is 0 Å². The molecule has 0 heterocycles. The van der Waals surface area contributed by atoms with E-state index >= 15 is 0 Å². The zero-order chi connectivity index (χ0) is 11.8. The quantitative estimate of drug-likeness (QED) is 0.593. The molecule has 0 N–H and O–H groups in total. The molecule has 0 bridgehead atoms. The highest BCUT2D eigenvalue weighted by atomic mass is 16.2. The van der Waals surface area contributed by atoms with Crippen molar-refractivity contribution in [2.45, 2.75) is 40.5 Å². The molecule has 0 aromatic rings. The molecule has 2 nitrogen and oxygen atoms in total. The third-order valence-corrected chi connectivity index (χ3v) is 2.44. The van der Waals surface area contributed by atoms with E-state index in [1.165, 1.54) is 6.08 Å². The van der Waals surface area contributed by atoms with E-state index in [1.54, 1.807) is 0 Å². The average Bonchev–Trinajstić information content (AvgIpc) is 2.16. The van der Waals surface area contributed by atoms with E-state index in [9.17, 15) is 4.79 Å². The molecule has 0 unspecified atom stereocenters. The maximum absolute atomic E-state index is 11.5. The minimum absolute atomic E-state index is 0.0660. The summed E-state index contributed by atoms with van der Waals surface area (Å²) in [5.74, 6) is 1.35. The third-order valence-electron chi connectivity index (χ3n) is 2.44. The predicted octanol–water partition coefficient (Wildman–Crippen LogP) is 3.09. The summed E-state index contributed by atoms with van der Waals surface area (Å²) in [5, 5.41) is 0. The summed E-state index contributed by atoms with van der Waals surface area (Å²) in [7, 11) is 0. The summed E-state index contributed by atoms with van der Waals surface area (Å²) in [6.07, 6.45) is 3.55. The first kappa shape index (κ1) is 14.2. The van der Waals surface area contributed by atoms with Crippen LogP contribution in [0.3, 0.4) is 0 Å². The van der Waals surface area contributed by atoms with Crippen molar-refractivity contribution in [1.29, 1.82) is 0 Å². The molecular weight excluding hydrogens is 186 g/mol. The van der Waals surface area contributed by atoms with Gasteiger partial charge in [0, 0.05) is 13.1 Å². The zero-order valence-electron chi connectivity index (χ0n) is 10.6. The molecule has 0 aliphatic heterocycles. The summed E-state index contributed by atoms with van der Waals surface area (Å²) < 4.78 is 0. The Hall–Kier alpha value is -0.790. The van der Waals surface area contributed by atoms with Crippen LogP contribution >= 0.6 is 0 Å². The van der Waals surface area contributed by atoms with Crippen molar-refractivity contribution in [2.75, 3.05) is 13.1 Å². The number of hydrogen-bond acceptors (Lipinski definition) is 1. The Bertz CT molecular complexity index is 185. The van der Waals surface area contributed by atoms with Gasteiger partial charge in [-0.3, -0.25) is 4.79 Å². The smallest absolute Gasteiger partial charge is 0.245 e. The molecule has 0 radical (unpaired) electrons. The lowest BCUT2D eigenvalue weighted by atomic mass is 10.1. The zero-order valence-corrected chi connectivity index (χ0v) is 10.6. The maximum atomic E-state index is 11.5. The summed E-state index contributed by atoms with van der Waals surface area (Å²) >= 11 is 0. The fourth-order valence-corrected chi connectivity index (χ4v) is 1.29. The fraction of sp³-hybridized carbons (Fsp3) is 0.769. The first-order valence-electron chi connectivity index (χ1n) is 5.88. The standard InChI is InChI=1S/C13H25NO/c1-6-13(15)14(9-7-11(2)3)10-8-12(4)5/h6,11-12H,1,7-10H2,2-5H3. The van der Waals surface area contributed by atoms with Gasteiger partial charge in [0.25, 0.3) is 0 Å². The Balaban J connectivity index is 4.06. The molecule has 88 valence electrons. The van der Waals surface area contributed by atoms with Crippen molar-refractivity contribution in [2.24, 2.45) is 11.8 Å². The van der Waals surface area contributed by atoms with Crippen LogP contribution in [0.2, 0.25) is 0 Å². The van der Waals surface area contributed by atoms with E-state index in [0.29, 0.717) is 11.8 Å². The molecule has 0 aromatic carbocycles. The van der Waals surface area contributed by atoms with Crippen molar-refractivity contribution >= 4 is 5.91 Å². The SMILES string of the molecule is C=CC(=O)N(CCC(C)C)CCC(C)C. The highest BCUT2D eigenvalue weighted by Crippen LogP contribution is 2.07. The first-order valence-corrected chi connectivity index (χ1v) is 5.88. The van der Waals surface area contributed by atoms with Crippen molar-refractivity contribution in [1.82, 2.24) is 4.90 Å². The molecule has 15 heavy (non-hydrogen) atoms. The highest BCUT2D eigenvalue weighted by Gasteiger charge is 2.10. The van der Waals surface area contributed by atoms with Gasteiger partial charge >= 0.3 is 0 Å². The number of nitrogens with zero attached hydrogens (tertiary/aromatic N) is 1. The minimum Gasteiger partial charge on any atom is -0.339 e. The number of amides is 1. The molecule has 0 aliphatic rings. The van der Waals surface area contributed by atoms with Gasteiger partial charge in [-0.15, -0.1) is 0 Å². The summed E-state index contributed by atoms with van der Waals surface area (Å²) in [4.78, 5) is 13.5. The van der Waals surface area contributed by atoms with Crippen LogP contribution in [-0.4, -0.2) is 23.9 Å². The Labute approximate surface area is 94.4 Å². The van der Waals surface area contributed by atoms with Crippen molar-refractivity contribution in [3.63, 3.8) is 0 Å². The van der Waals surface area contributed by atoms with Crippen LogP contribution in [0.4, 0.5) is 0 Å². The van der Waals surface area contributed by atoms with E-state index in [-0.39, 0.29) is 5.91 Å². The molecule has 0 aromatic heterocycles. The first-order chi connectivity index (χ1) is 6.97. The Kier molecular flexibility index (Phi) is 7.10. The molecule has 0 spiro atoms. The van der Waals surface area contributed by atoms with Gasteiger partial charge in [0.15, 0.2) is 0 Å². The third kappa shape index (κ3) is 7.18. The second-order valence-electron chi connectivity index (χ2n) is 4.89. The maximum Gasteiger partial charge on any atom is 0.245 e. The van der Waals surface area contributed by atoms with Gasteiger partial charge in [-0.2, -0.15) is 0 Å². The number of rotatable bonds is 7.